The molecule has 1 unspecified atom stereocenters. The third-order valence-corrected chi connectivity index (χ3v) is 4.00. The molecule has 2 nitrogen and oxygen atoms in total. The molecule has 1 aliphatic heterocycles. The molecule has 1 aromatic rings. The third kappa shape index (κ3) is 3.31. The Morgan fingerprint density at radius 1 is 1.26 bits per heavy atom. The van der Waals surface area contributed by atoms with Gasteiger partial charge in [0.1, 0.15) is 11.6 Å². The summed E-state index contributed by atoms with van der Waals surface area (Å²) in [6, 6.07) is 3.74. The van der Waals surface area contributed by atoms with Crippen molar-refractivity contribution in [3.63, 3.8) is 0 Å². The summed E-state index contributed by atoms with van der Waals surface area (Å²) in [7, 11) is 0. The molecule has 19 heavy (non-hydrogen) atoms. The minimum Gasteiger partial charge on any atom is -0.314 e. The van der Waals surface area contributed by atoms with E-state index in [-0.39, 0.29) is 17.7 Å². The number of piperazine rings is 1. The highest BCUT2D eigenvalue weighted by Crippen LogP contribution is 2.32. The van der Waals surface area contributed by atoms with Gasteiger partial charge < -0.3 is 5.32 Å². The highest BCUT2D eigenvalue weighted by atomic mass is 19.1. The fourth-order valence-corrected chi connectivity index (χ4v) is 2.79. The fraction of sp³-hybridized carbons (Fsp3) is 0.600. The van der Waals surface area contributed by atoms with Crippen LogP contribution in [-0.4, -0.2) is 31.1 Å². The van der Waals surface area contributed by atoms with Gasteiger partial charge >= 0.3 is 0 Å². The van der Waals surface area contributed by atoms with Crippen LogP contribution < -0.4 is 5.32 Å². The van der Waals surface area contributed by atoms with Crippen molar-refractivity contribution in [2.75, 3.05) is 26.2 Å². The van der Waals surface area contributed by atoms with Gasteiger partial charge in [0.25, 0.3) is 0 Å². The molecular formula is C15H22F2N2. The van der Waals surface area contributed by atoms with Crippen molar-refractivity contribution in [3.8, 4) is 0 Å². The zero-order chi connectivity index (χ0) is 13.8. The van der Waals surface area contributed by atoms with Crippen molar-refractivity contribution in [3.05, 3.63) is 35.4 Å². The van der Waals surface area contributed by atoms with E-state index in [0.717, 1.165) is 32.6 Å². The van der Waals surface area contributed by atoms with Crippen molar-refractivity contribution >= 4 is 0 Å². The second-order valence-corrected chi connectivity index (χ2v) is 5.28. The second-order valence-electron chi connectivity index (χ2n) is 5.28. The van der Waals surface area contributed by atoms with Gasteiger partial charge in [-0.1, -0.05) is 20.3 Å². The van der Waals surface area contributed by atoms with E-state index in [9.17, 15) is 8.78 Å². The largest absolute Gasteiger partial charge is 0.314 e. The Kier molecular flexibility index (Phi) is 4.88. The van der Waals surface area contributed by atoms with Crippen LogP contribution in [0, 0.1) is 17.6 Å². The van der Waals surface area contributed by atoms with Gasteiger partial charge in [-0.05, 0) is 24.1 Å². The predicted molar refractivity (Wildman–Crippen MR) is 73.0 cm³/mol. The van der Waals surface area contributed by atoms with E-state index < -0.39 is 0 Å². The monoisotopic (exact) mass is 268 g/mol. The van der Waals surface area contributed by atoms with E-state index in [0.29, 0.717) is 11.5 Å². The number of benzene rings is 1. The normalized spacial score (nSPS) is 20.2. The van der Waals surface area contributed by atoms with Crippen molar-refractivity contribution in [2.45, 2.75) is 26.3 Å². The zero-order valence-corrected chi connectivity index (χ0v) is 11.6. The topological polar surface area (TPSA) is 15.3 Å². The summed E-state index contributed by atoms with van der Waals surface area (Å²) in [5, 5.41) is 3.29. The summed E-state index contributed by atoms with van der Waals surface area (Å²) >= 11 is 0. The fourth-order valence-electron chi connectivity index (χ4n) is 2.79. The van der Waals surface area contributed by atoms with Crippen LogP contribution in [0.25, 0.3) is 0 Å². The molecule has 1 N–H and O–H groups in total. The van der Waals surface area contributed by atoms with Crippen LogP contribution in [0.15, 0.2) is 18.2 Å². The van der Waals surface area contributed by atoms with Gasteiger partial charge in [0.05, 0.1) is 0 Å². The van der Waals surface area contributed by atoms with E-state index in [4.69, 9.17) is 0 Å². The van der Waals surface area contributed by atoms with Gasteiger partial charge in [-0.2, -0.15) is 0 Å². The Morgan fingerprint density at radius 3 is 2.58 bits per heavy atom. The average Bonchev–Trinajstić information content (AvgIpc) is 2.44. The first-order chi connectivity index (χ1) is 9.13. The maximum absolute atomic E-state index is 14.1. The molecule has 0 bridgehead atoms. The number of hydrogen-bond donors (Lipinski definition) is 1. The minimum atomic E-state index is -0.361. The van der Waals surface area contributed by atoms with Crippen LogP contribution in [0.3, 0.4) is 0 Å². The van der Waals surface area contributed by atoms with Crippen LogP contribution in [0.4, 0.5) is 8.78 Å². The van der Waals surface area contributed by atoms with Crippen LogP contribution in [0.5, 0.6) is 0 Å². The lowest BCUT2D eigenvalue weighted by Crippen LogP contribution is -2.46. The SMILES string of the molecule is CCC(C)[C@H](c1cc(F)ccc1F)N1CCNCC1. The van der Waals surface area contributed by atoms with Gasteiger partial charge in [-0.15, -0.1) is 0 Å². The molecule has 1 aromatic carbocycles. The summed E-state index contributed by atoms with van der Waals surface area (Å²) < 4.78 is 27.5. The molecule has 1 saturated heterocycles. The van der Waals surface area contributed by atoms with E-state index in [1.54, 1.807) is 0 Å². The van der Waals surface area contributed by atoms with Crippen LogP contribution >= 0.6 is 0 Å². The Bertz CT molecular complexity index is 417. The molecule has 4 heteroatoms. The average molecular weight is 268 g/mol. The van der Waals surface area contributed by atoms with Gasteiger partial charge in [0, 0.05) is 37.8 Å². The maximum Gasteiger partial charge on any atom is 0.128 e. The third-order valence-electron chi connectivity index (χ3n) is 4.00. The Labute approximate surface area is 113 Å². The summed E-state index contributed by atoms with van der Waals surface area (Å²) in [6.45, 7) is 7.78. The first-order valence-corrected chi connectivity index (χ1v) is 7.03. The number of nitrogens with zero attached hydrogens (tertiary/aromatic N) is 1. The van der Waals surface area contributed by atoms with E-state index in [1.165, 1.54) is 18.2 Å². The van der Waals surface area contributed by atoms with Crippen LogP contribution in [0.2, 0.25) is 0 Å². The highest BCUT2D eigenvalue weighted by Gasteiger charge is 2.28. The van der Waals surface area contributed by atoms with E-state index in [2.05, 4.69) is 24.1 Å². The summed E-state index contributed by atoms with van der Waals surface area (Å²) in [5.41, 5.74) is 0.497. The zero-order valence-electron chi connectivity index (χ0n) is 11.6. The smallest absolute Gasteiger partial charge is 0.128 e. The van der Waals surface area contributed by atoms with Crippen molar-refractivity contribution in [2.24, 2.45) is 5.92 Å². The number of nitrogens with one attached hydrogen (secondary N) is 1. The van der Waals surface area contributed by atoms with Crippen LogP contribution in [-0.2, 0) is 0 Å². The predicted octanol–water partition coefficient (Wildman–Crippen LogP) is 2.96. The first kappa shape index (κ1) is 14.4. The molecule has 1 heterocycles. The summed E-state index contributed by atoms with van der Waals surface area (Å²) in [4.78, 5) is 2.27. The second kappa shape index (κ2) is 6.44. The molecule has 2 rings (SSSR count). The molecule has 0 spiro atoms. The van der Waals surface area contributed by atoms with Crippen molar-refractivity contribution < 1.29 is 8.78 Å². The lowest BCUT2D eigenvalue weighted by atomic mass is 9.90. The number of rotatable bonds is 4. The van der Waals surface area contributed by atoms with E-state index >= 15 is 0 Å². The van der Waals surface area contributed by atoms with Gasteiger partial charge in [-0.3, -0.25) is 4.90 Å². The van der Waals surface area contributed by atoms with Gasteiger partial charge in [-0.25, -0.2) is 8.78 Å². The quantitative estimate of drug-likeness (QED) is 0.903. The lowest BCUT2D eigenvalue weighted by Gasteiger charge is -2.38. The molecule has 0 saturated carbocycles. The Morgan fingerprint density at radius 2 is 1.95 bits per heavy atom. The first-order valence-electron chi connectivity index (χ1n) is 7.03. The Balaban J connectivity index is 2.33. The van der Waals surface area contributed by atoms with Gasteiger partial charge in [0.15, 0.2) is 0 Å². The molecule has 0 amide bonds. The molecule has 0 aliphatic carbocycles. The molecule has 2 atom stereocenters. The molecular weight excluding hydrogens is 246 g/mol. The highest BCUT2D eigenvalue weighted by molar-refractivity contribution is 5.23. The minimum absolute atomic E-state index is 0.0391. The summed E-state index contributed by atoms with van der Waals surface area (Å²) in [6.07, 6.45) is 0.949. The number of halogens is 2. The van der Waals surface area contributed by atoms with E-state index in [1.807, 2.05) is 0 Å². The Hall–Kier alpha value is -1.00. The molecule has 0 radical (unpaired) electrons. The molecule has 0 aromatic heterocycles. The van der Waals surface area contributed by atoms with Gasteiger partial charge in [0.2, 0.25) is 0 Å². The molecule has 1 aliphatic rings. The summed E-state index contributed by atoms with van der Waals surface area (Å²) in [5.74, 6) is -0.362. The lowest BCUT2D eigenvalue weighted by molar-refractivity contribution is 0.125. The standard InChI is InChI=1S/C15H22F2N2/c1-3-11(2)15(19-8-6-18-7-9-19)13-10-12(16)4-5-14(13)17/h4-5,10-11,15,18H,3,6-9H2,1-2H3/t11?,15-/m1/s1. The molecule has 106 valence electrons. The molecule has 1 fully saturated rings. The van der Waals surface area contributed by atoms with Crippen LogP contribution in [0.1, 0.15) is 31.9 Å². The van der Waals surface area contributed by atoms with Crippen molar-refractivity contribution in [1.82, 2.24) is 10.2 Å². The number of hydrogen-bond acceptors (Lipinski definition) is 2. The maximum atomic E-state index is 14.1. The van der Waals surface area contributed by atoms with Crippen molar-refractivity contribution in [1.29, 1.82) is 0 Å².